The zero-order chi connectivity index (χ0) is 7.61. The summed E-state index contributed by atoms with van der Waals surface area (Å²) in [5.74, 6) is 0. The van der Waals surface area contributed by atoms with Crippen LogP contribution in [-0.4, -0.2) is 6.04 Å². The van der Waals surface area contributed by atoms with E-state index in [2.05, 4.69) is 26.0 Å². The molecule has 1 aliphatic rings. The third-order valence-electron chi connectivity index (χ3n) is 2.42. The Morgan fingerprint density at radius 2 is 2.20 bits per heavy atom. The molecule has 0 bridgehead atoms. The molecule has 0 aromatic rings. The molecule has 1 heteroatoms. The molecule has 0 saturated heterocycles. The van der Waals surface area contributed by atoms with Gasteiger partial charge in [0.05, 0.1) is 0 Å². The minimum atomic E-state index is 0.343. The van der Waals surface area contributed by atoms with Gasteiger partial charge in [0.2, 0.25) is 0 Å². The van der Waals surface area contributed by atoms with Crippen molar-refractivity contribution in [3.8, 4) is 0 Å². The van der Waals surface area contributed by atoms with Crippen LogP contribution in [0.2, 0.25) is 0 Å². The van der Waals surface area contributed by atoms with E-state index in [9.17, 15) is 0 Å². The Balaban J connectivity index is 2.45. The first-order valence-electron chi connectivity index (χ1n) is 4.14. The van der Waals surface area contributed by atoms with Crippen LogP contribution in [0.15, 0.2) is 12.2 Å². The highest BCUT2D eigenvalue weighted by molar-refractivity contribution is 5.13. The van der Waals surface area contributed by atoms with Crippen molar-refractivity contribution in [2.75, 3.05) is 0 Å². The van der Waals surface area contributed by atoms with Crippen LogP contribution in [0.1, 0.15) is 33.1 Å². The number of nitrogens with two attached hydrogens (primary N) is 1. The summed E-state index contributed by atoms with van der Waals surface area (Å²) in [6.07, 6.45) is 8.25. The van der Waals surface area contributed by atoms with Gasteiger partial charge in [-0.05, 0) is 26.2 Å². The molecule has 1 fully saturated rings. The first kappa shape index (κ1) is 7.80. The summed E-state index contributed by atoms with van der Waals surface area (Å²) in [5.41, 5.74) is 6.22. The van der Waals surface area contributed by atoms with Gasteiger partial charge in [0.25, 0.3) is 0 Å². The summed E-state index contributed by atoms with van der Waals surface area (Å²) in [6.45, 7) is 4.26. The number of allylic oxidation sites excluding steroid dienone is 1. The SMILES string of the molecule is CC/C=C/C1(C(C)N)CC1. The van der Waals surface area contributed by atoms with E-state index >= 15 is 0 Å². The first-order valence-corrected chi connectivity index (χ1v) is 4.14. The summed E-state index contributed by atoms with van der Waals surface area (Å²) in [4.78, 5) is 0. The molecule has 1 aliphatic carbocycles. The summed E-state index contributed by atoms with van der Waals surface area (Å²) in [6, 6.07) is 0.343. The van der Waals surface area contributed by atoms with E-state index in [0.29, 0.717) is 11.5 Å². The van der Waals surface area contributed by atoms with Gasteiger partial charge in [0.1, 0.15) is 0 Å². The Labute approximate surface area is 63.3 Å². The van der Waals surface area contributed by atoms with Crippen molar-refractivity contribution in [1.82, 2.24) is 0 Å². The van der Waals surface area contributed by atoms with E-state index in [1.165, 1.54) is 12.8 Å². The smallest absolute Gasteiger partial charge is 0.0102 e. The highest BCUT2D eigenvalue weighted by Gasteiger charge is 2.42. The Hall–Kier alpha value is -0.300. The van der Waals surface area contributed by atoms with Crippen molar-refractivity contribution in [2.24, 2.45) is 11.1 Å². The summed E-state index contributed by atoms with van der Waals surface area (Å²) < 4.78 is 0. The van der Waals surface area contributed by atoms with Crippen molar-refractivity contribution >= 4 is 0 Å². The maximum atomic E-state index is 5.82. The normalized spacial score (nSPS) is 25.1. The molecule has 0 aliphatic heterocycles. The van der Waals surface area contributed by atoms with Crippen LogP contribution < -0.4 is 5.73 Å². The largest absolute Gasteiger partial charge is 0.327 e. The molecule has 1 atom stereocenters. The predicted molar refractivity (Wildman–Crippen MR) is 44.7 cm³/mol. The van der Waals surface area contributed by atoms with Crippen molar-refractivity contribution < 1.29 is 0 Å². The molecule has 1 rings (SSSR count). The topological polar surface area (TPSA) is 26.0 Å². The van der Waals surface area contributed by atoms with E-state index in [0.717, 1.165) is 6.42 Å². The van der Waals surface area contributed by atoms with Gasteiger partial charge in [0, 0.05) is 11.5 Å². The standard InChI is InChI=1S/C9H17N/c1-3-4-5-9(6-7-9)8(2)10/h4-5,8H,3,6-7,10H2,1-2H3/b5-4+. The fraction of sp³-hybridized carbons (Fsp3) is 0.778. The van der Waals surface area contributed by atoms with Gasteiger partial charge in [-0.2, -0.15) is 0 Å². The van der Waals surface area contributed by atoms with Crippen LogP contribution in [0, 0.1) is 5.41 Å². The van der Waals surface area contributed by atoms with Gasteiger partial charge in [-0.15, -0.1) is 0 Å². The predicted octanol–water partition coefficient (Wildman–Crippen LogP) is 2.08. The number of hydrogen-bond acceptors (Lipinski definition) is 1. The van der Waals surface area contributed by atoms with Gasteiger partial charge in [-0.25, -0.2) is 0 Å². The quantitative estimate of drug-likeness (QED) is 0.595. The molecule has 0 spiro atoms. The molecule has 1 nitrogen and oxygen atoms in total. The Morgan fingerprint density at radius 3 is 2.50 bits per heavy atom. The zero-order valence-electron chi connectivity index (χ0n) is 6.93. The molecular weight excluding hydrogens is 122 g/mol. The van der Waals surface area contributed by atoms with Gasteiger partial charge in [0.15, 0.2) is 0 Å². The highest BCUT2D eigenvalue weighted by atomic mass is 14.7. The van der Waals surface area contributed by atoms with E-state index in [1.54, 1.807) is 0 Å². The molecule has 0 radical (unpaired) electrons. The van der Waals surface area contributed by atoms with E-state index in [-0.39, 0.29) is 0 Å². The summed E-state index contributed by atoms with van der Waals surface area (Å²) in [7, 11) is 0. The third-order valence-corrected chi connectivity index (χ3v) is 2.42. The van der Waals surface area contributed by atoms with Crippen LogP contribution in [-0.2, 0) is 0 Å². The van der Waals surface area contributed by atoms with Crippen LogP contribution in [0.25, 0.3) is 0 Å². The van der Waals surface area contributed by atoms with Crippen LogP contribution >= 0.6 is 0 Å². The van der Waals surface area contributed by atoms with E-state index in [1.807, 2.05) is 0 Å². The molecule has 2 N–H and O–H groups in total. The third kappa shape index (κ3) is 1.40. The van der Waals surface area contributed by atoms with Gasteiger partial charge >= 0.3 is 0 Å². The number of rotatable bonds is 3. The van der Waals surface area contributed by atoms with Crippen molar-refractivity contribution in [1.29, 1.82) is 0 Å². The fourth-order valence-corrected chi connectivity index (χ4v) is 1.27. The van der Waals surface area contributed by atoms with Crippen LogP contribution in [0.3, 0.4) is 0 Å². The van der Waals surface area contributed by atoms with Crippen molar-refractivity contribution in [3.05, 3.63) is 12.2 Å². The Morgan fingerprint density at radius 1 is 1.60 bits per heavy atom. The van der Waals surface area contributed by atoms with Gasteiger partial charge < -0.3 is 5.73 Å². The molecule has 0 amide bonds. The molecule has 1 unspecified atom stereocenters. The van der Waals surface area contributed by atoms with Crippen molar-refractivity contribution in [3.63, 3.8) is 0 Å². The molecule has 0 aromatic carbocycles. The molecule has 0 heterocycles. The minimum Gasteiger partial charge on any atom is -0.327 e. The average molecular weight is 139 g/mol. The van der Waals surface area contributed by atoms with Crippen molar-refractivity contribution in [2.45, 2.75) is 39.2 Å². The lowest BCUT2D eigenvalue weighted by atomic mass is 9.98. The van der Waals surface area contributed by atoms with Gasteiger partial charge in [-0.3, -0.25) is 0 Å². The van der Waals surface area contributed by atoms with E-state index < -0.39 is 0 Å². The van der Waals surface area contributed by atoms with E-state index in [4.69, 9.17) is 5.73 Å². The second-order valence-corrected chi connectivity index (χ2v) is 3.33. The lowest BCUT2D eigenvalue weighted by Gasteiger charge is -2.13. The highest BCUT2D eigenvalue weighted by Crippen LogP contribution is 2.49. The van der Waals surface area contributed by atoms with Crippen LogP contribution in [0.4, 0.5) is 0 Å². The second-order valence-electron chi connectivity index (χ2n) is 3.33. The molecule has 1 saturated carbocycles. The molecular formula is C9H17N. The summed E-state index contributed by atoms with van der Waals surface area (Å²) in [5, 5.41) is 0. The molecule has 10 heavy (non-hydrogen) atoms. The average Bonchev–Trinajstić information content (AvgIpc) is 2.64. The lowest BCUT2D eigenvalue weighted by Crippen LogP contribution is -2.26. The molecule has 58 valence electrons. The summed E-state index contributed by atoms with van der Waals surface area (Å²) >= 11 is 0. The maximum Gasteiger partial charge on any atom is 0.0102 e. The fourth-order valence-electron chi connectivity index (χ4n) is 1.27. The monoisotopic (exact) mass is 139 g/mol. The Kier molecular flexibility index (Phi) is 2.14. The molecule has 0 aromatic heterocycles. The second kappa shape index (κ2) is 2.75. The zero-order valence-corrected chi connectivity index (χ0v) is 6.93. The van der Waals surface area contributed by atoms with Crippen LogP contribution in [0.5, 0.6) is 0 Å². The van der Waals surface area contributed by atoms with Gasteiger partial charge in [-0.1, -0.05) is 19.1 Å². The number of hydrogen-bond donors (Lipinski definition) is 1. The maximum absolute atomic E-state index is 5.82. The minimum absolute atomic E-state index is 0.343. The Bertz CT molecular complexity index is 132. The first-order chi connectivity index (χ1) is 4.71. The lowest BCUT2D eigenvalue weighted by molar-refractivity contribution is 0.521.